The van der Waals surface area contributed by atoms with E-state index in [9.17, 15) is 19.8 Å². The van der Waals surface area contributed by atoms with E-state index in [1.54, 1.807) is 18.0 Å². The standard InChI is InChI=1S/C25H32N2O4/c1-3-22(26-2)24(29)27(20-13-14-21(25(30)31)23(28)15-20)16-17-9-11-19(12-10-17)18-7-5-4-6-8-18/h9-15,18,22,26,28H,3-8,16H2,1-2H3,(H,30,31). The van der Waals surface area contributed by atoms with E-state index in [-0.39, 0.29) is 23.3 Å². The Hall–Kier alpha value is -2.86. The number of aromatic carboxylic acids is 1. The zero-order chi connectivity index (χ0) is 22.4. The van der Waals surface area contributed by atoms with Crippen molar-refractivity contribution in [1.29, 1.82) is 0 Å². The first-order chi connectivity index (χ1) is 14.9. The second-order valence-corrected chi connectivity index (χ2v) is 8.26. The number of aromatic hydroxyl groups is 1. The van der Waals surface area contributed by atoms with E-state index in [4.69, 9.17) is 0 Å². The number of nitrogens with zero attached hydrogens (tertiary/aromatic N) is 1. The first kappa shape index (κ1) is 22.8. The van der Waals surface area contributed by atoms with Crippen molar-refractivity contribution in [2.75, 3.05) is 11.9 Å². The van der Waals surface area contributed by atoms with Crippen LogP contribution in [0.3, 0.4) is 0 Å². The van der Waals surface area contributed by atoms with Gasteiger partial charge in [-0.3, -0.25) is 4.79 Å². The Balaban J connectivity index is 1.87. The monoisotopic (exact) mass is 424 g/mol. The van der Waals surface area contributed by atoms with Gasteiger partial charge in [-0.05, 0) is 55.5 Å². The van der Waals surface area contributed by atoms with Gasteiger partial charge in [0.05, 0.1) is 12.6 Å². The van der Waals surface area contributed by atoms with Crippen LogP contribution in [0.15, 0.2) is 42.5 Å². The molecule has 1 fully saturated rings. The third-order valence-corrected chi connectivity index (χ3v) is 6.24. The van der Waals surface area contributed by atoms with Crippen LogP contribution in [0, 0.1) is 0 Å². The Kier molecular flexibility index (Phi) is 7.69. The van der Waals surface area contributed by atoms with Gasteiger partial charge >= 0.3 is 5.97 Å². The number of amides is 1. The lowest BCUT2D eigenvalue weighted by Gasteiger charge is -2.28. The van der Waals surface area contributed by atoms with E-state index < -0.39 is 5.97 Å². The fraction of sp³-hybridized carbons (Fsp3) is 0.440. The minimum atomic E-state index is -1.21. The molecule has 2 aromatic rings. The molecule has 0 bridgehead atoms. The van der Waals surface area contributed by atoms with Gasteiger partial charge in [-0.25, -0.2) is 4.79 Å². The maximum Gasteiger partial charge on any atom is 0.339 e. The summed E-state index contributed by atoms with van der Waals surface area (Å²) in [5.74, 6) is -1.06. The molecule has 6 nitrogen and oxygen atoms in total. The molecule has 1 aliphatic rings. The zero-order valence-electron chi connectivity index (χ0n) is 18.3. The van der Waals surface area contributed by atoms with E-state index in [0.717, 1.165) is 5.56 Å². The number of likely N-dealkylation sites (N-methyl/N-ethyl adjacent to an activating group) is 1. The maximum atomic E-state index is 13.2. The van der Waals surface area contributed by atoms with Crippen LogP contribution in [0.5, 0.6) is 5.75 Å². The summed E-state index contributed by atoms with van der Waals surface area (Å²) in [6, 6.07) is 12.3. The molecule has 1 aliphatic carbocycles. The van der Waals surface area contributed by atoms with Crippen LogP contribution in [-0.4, -0.2) is 35.2 Å². The van der Waals surface area contributed by atoms with E-state index in [2.05, 4.69) is 29.6 Å². The van der Waals surface area contributed by atoms with Crippen LogP contribution in [0.25, 0.3) is 0 Å². The molecule has 1 saturated carbocycles. The van der Waals surface area contributed by atoms with Crippen molar-refractivity contribution in [3.63, 3.8) is 0 Å². The SMILES string of the molecule is CCC(NC)C(=O)N(Cc1ccc(C2CCCCC2)cc1)c1ccc(C(=O)O)c(O)c1. The lowest BCUT2D eigenvalue weighted by molar-refractivity contribution is -0.120. The number of anilines is 1. The number of phenols is 1. The molecule has 3 rings (SSSR count). The summed E-state index contributed by atoms with van der Waals surface area (Å²) in [6.07, 6.45) is 6.98. The lowest BCUT2D eigenvalue weighted by atomic mass is 9.84. The lowest BCUT2D eigenvalue weighted by Crippen LogP contribution is -2.44. The fourth-order valence-corrected chi connectivity index (χ4v) is 4.37. The minimum Gasteiger partial charge on any atom is -0.507 e. The Bertz CT molecular complexity index is 900. The predicted molar refractivity (Wildman–Crippen MR) is 122 cm³/mol. The number of carboxylic acid groups (broad SMARTS) is 1. The molecule has 0 spiro atoms. The molecule has 166 valence electrons. The number of hydrogen-bond acceptors (Lipinski definition) is 4. The highest BCUT2D eigenvalue weighted by Crippen LogP contribution is 2.33. The fourth-order valence-electron chi connectivity index (χ4n) is 4.37. The molecule has 1 atom stereocenters. The molecule has 0 radical (unpaired) electrons. The number of nitrogens with one attached hydrogen (secondary N) is 1. The minimum absolute atomic E-state index is 0.121. The Morgan fingerprint density at radius 3 is 2.32 bits per heavy atom. The van der Waals surface area contributed by atoms with E-state index in [1.165, 1.54) is 49.8 Å². The number of benzene rings is 2. The molecule has 31 heavy (non-hydrogen) atoms. The van der Waals surface area contributed by atoms with Crippen LogP contribution in [0.4, 0.5) is 5.69 Å². The second kappa shape index (κ2) is 10.4. The van der Waals surface area contributed by atoms with Crippen LogP contribution in [-0.2, 0) is 11.3 Å². The molecule has 0 saturated heterocycles. The number of carbonyl (C=O) groups is 2. The number of carboxylic acids is 1. The van der Waals surface area contributed by atoms with Gasteiger partial charge in [-0.1, -0.05) is 50.5 Å². The van der Waals surface area contributed by atoms with Crippen LogP contribution < -0.4 is 10.2 Å². The average Bonchev–Trinajstić information content (AvgIpc) is 2.79. The normalized spacial score (nSPS) is 15.4. The van der Waals surface area contributed by atoms with Crippen molar-refractivity contribution >= 4 is 17.6 Å². The van der Waals surface area contributed by atoms with Gasteiger partial charge in [0, 0.05) is 11.8 Å². The van der Waals surface area contributed by atoms with Crippen LogP contribution >= 0.6 is 0 Å². The molecular formula is C25H32N2O4. The quantitative estimate of drug-likeness (QED) is 0.573. The third kappa shape index (κ3) is 5.44. The second-order valence-electron chi connectivity index (χ2n) is 8.26. The van der Waals surface area contributed by atoms with Crippen LogP contribution in [0.1, 0.15) is 72.9 Å². The largest absolute Gasteiger partial charge is 0.507 e. The zero-order valence-corrected chi connectivity index (χ0v) is 18.3. The van der Waals surface area contributed by atoms with Gasteiger partial charge in [0.1, 0.15) is 11.3 Å². The molecule has 1 amide bonds. The van der Waals surface area contributed by atoms with Gasteiger partial charge in [0.2, 0.25) is 5.91 Å². The molecule has 0 aromatic heterocycles. The van der Waals surface area contributed by atoms with E-state index in [1.807, 2.05) is 6.92 Å². The number of rotatable bonds is 8. The molecule has 1 unspecified atom stereocenters. The Labute approximate surface area is 183 Å². The summed E-state index contributed by atoms with van der Waals surface area (Å²) < 4.78 is 0. The smallest absolute Gasteiger partial charge is 0.339 e. The molecule has 2 aromatic carbocycles. The Morgan fingerprint density at radius 1 is 1.10 bits per heavy atom. The van der Waals surface area contributed by atoms with Gasteiger partial charge in [-0.15, -0.1) is 0 Å². The predicted octanol–water partition coefficient (Wildman–Crippen LogP) is 4.67. The third-order valence-electron chi connectivity index (χ3n) is 6.24. The van der Waals surface area contributed by atoms with Gasteiger partial charge in [0.15, 0.2) is 0 Å². The molecule has 6 heteroatoms. The van der Waals surface area contributed by atoms with Crippen molar-refractivity contribution in [1.82, 2.24) is 5.32 Å². The average molecular weight is 425 g/mol. The summed E-state index contributed by atoms with van der Waals surface area (Å²) in [6.45, 7) is 2.27. The summed E-state index contributed by atoms with van der Waals surface area (Å²) in [5.41, 5.74) is 2.62. The summed E-state index contributed by atoms with van der Waals surface area (Å²) in [4.78, 5) is 26.1. The van der Waals surface area contributed by atoms with Gasteiger partial charge in [-0.2, -0.15) is 0 Å². The van der Waals surface area contributed by atoms with Crippen molar-refractivity contribution in [3.05, 3.63) is 59.2 Å². The first-order valence-corrected chi connectivity index (χ1v) is 11.1. The van der Waals surface area contributed by atoms with Crippen molar-refractivity contribution in [2.24, 2.45) is 0 Å². The van der Waals surface area contributed by atoms with Gasteiger partial charge < -0.3 is 20.4 Å². The highest BCUT2D eigenvalue weighted by atomic mass is 16.4. The molecular weight excluding hydrogens is 392 g/mol. The molecule has 0 aliphatic heterocycles. The van der Waals surface area contributed by atoms with Crippen molar-refractivity contribution in [3.8, 4) is 5.75 Å². The highest BCUT2D eigenvalue weighted by Gasteiger charge is 2.25. The summed E-state index contributed by atoms with van der Waals surface area (Å²) in [5, 5.41) is 22.4. The Morgan fingerprint density at radius 2 is 1.77 bits per heavy atom. The molecule has 3 N–H and O–H groups in total. The van der Waals surface area contributed by atoms with Crippen molar-refractivity contribution in [2.45, 2.75) is 64.0 Å². The number of hydrogen-bond donors (Lipinski definition) is 3. The summed E-state index contributed by atoms with van der Waals surface area (Å²) in [7, 11) is 1.74. The van der Waals surface area contributed by atoms with E-state index in [0.29, 0.717) is 24.6 Å². The maximum absolute atomic E-state index is 13.2. The molecule has 0 heterocycles. The van der Waals surface area contributed by atoms with E-state index >= 15 is 0 Å². The van der Waals surface area contributed by atoms with Gasteiger partial charge in [0.25, 0.3) is 0 Å². The van der Waals surface area contributed by atoms with Crippen LogP contribution in [0.2, 0.25) is 0 Å². The first-order valence-electron chi connectivity index (χ1n) is 11.1. The topological polar surface area (TPSA) is 89.9 Å². The number of carbonyl (C=O) groups excluding carboxylic acids is 1. The summed E-state index contributed by atoms with van der Waals surface area (Å²) >= 11 is 0. The highest BCUT2D eigenvalue weighted by molar-refractivity contribution is 5.98. The van der Waals surface area contributed by atoms with Crippen molar-refractivity contribution < 1.29 is 19.8 Å².